The number of halogens is 3. The lowest BCUT2D eigenvalue weighted by Gasteiger charge is -2.14. The highest BCUT2D eigenvalue weighted by molar-refractivity contribution is 6.31. The molecule has 2 N–H and O–H groups in total. The molecule has 1 amide bonds. The zero-order chi connectivity index (χ0) is 16.3. The largest absolute Gasteiger partial charge is 0.480 e. The fourth-order valence-electron chi connectivity index (χ4n) is 2.09. The van der Waals surface area contributed by atoms with E-state index in [1.165, 1.54) is 0 Å². The summed E-state index contributed by atoms with van der Waals surface area (Å²) in [5.74, 6) is -2.15. The summed E-state index contributed by atoms with van der Waals surface area (Å²) in [6.45, 7) is -0.184. The van der Waals surface area contributed by atoms with Gasteiger partial charge in [-0.25, -0.2) is 13.6 Å². The summed E-state index contributed by atoms with van der Waals surface area (Å²) in [6, 6.07) is 5.31. The number of fused-ring (bicyclic) bond motifs is 1. The van der Waals surface area contributed by atoms with Crippen molar-refractivity contribution in [3.63, 3.8) is 0 Å². The molecule has 0 radical (unpaired) electrons. The Kier molecular flexibility index (Phi) is 4.97. The summed E-state index contributed by atoms with van der Waals surface area (Å²) in [5.41, 5.74) is 0.698. The molecule has 0 fully saturated rings. The summed E-state index contributed by atoms with van der Waals surface area (Å²) < 4.78 is 26.1. The normalized spacial score (nSPS) is 12.5. The minimum atomic E-state index is -2.81. The SMILES string of the molecule is O=C(Cn1ccc2ccc(Cl)cc21)NC(CC(F)F)C(=O)O. The molecule has 0 aliphatic carbocycles. The Morgan fingerprint density at radius 1 is 1.32 bits per heavy atom. The number of alkyl halides is 2. The van der Waals surface area contributed by atoms with E-state index in [2.05, 4.69) is 5.32 Å². The number of carbonyl (C=O) groups is 2. The van der Waals surface area contributed by atoms with E-state index in [9.17, 15) is 18.4 Å². The van der Waals surface area contributed by atoms with Crippen LogP contribution in [0.15, 0.2) is 30.5 Å². The molecular formula is C14H13ClF2N2O3. The molecule has 0 aliphatic heterocycles. The molecule has 0 saturated carbocycles. The number of nitrogens with one attached hydrogen (secondary N) is 1. The number of aromatic nitrogens is 1. The molecule has 1 unspecified atom stereocenters. The third kappa shape index (κ3) is 3.94. The van der Waals surface area contributed by atoms with Gasteiger partial charge >= 0.3 is 5.97 Å². The smallest absolute Gasteiger partial charge is 0.326 e. The van der Waals surface area contributed by atoms with Crippen LogP contribution in [0.25, 0.3) is 10.9 Å². The minimum absolute atomic E-state index is 0.184. The van der Waals surface area contributed by atoms with E-state index in [1.807, 2.05) is 0 Å². The van der Waals surface area contributed by atoms with Crippen LogP contribution in [-0.4, -0.2) is 34.0 Å². The number of carbonyl (C=O) groups excluding carboxylic acids is 1. The van der Waals surface area contributed by atoms with Crippen molar-refractivity contribution in [2.24, 2.45) is 0 Å². The molecule has 1 heterocycles. The zero-order valence-corrected chi connectivity index (χ0v) is 12.1. The van der Waals surface area contributed by atoms with Gasteiger partial charge < -0.3 is 15.0 Å². The first kappa shape index (κ1) is 16.2. The van der Waals surface area contributed by atoms with Crippen molar-refractivity contribution < 1.29 is 23.5 Å². The lowest BCUT2D eigenvalue weighted by atomic mass is 10.2. The molecule has 0 spiro atoms. The number of rotatable bonds is 6. The molecule has 0 saturated heterocycles. The second-order valence-electron chi connectivity index (χ2n) is 4.73. The first-order valence-electron chi connectivity index (χ1n) is 6.41. The van der Waals surface area contributed by atoms with Crippen LogP contribution >= 0.6 is 11.6 Å². The van der Waals surface area contributed by atoms with Crippen molar-refractivity contribution in [1.82, 2.24) is 9.88 Å². The molecule has 118 valence electrons. The highest BCUT2D eigenvalue weighted by Crippen LogP contribution is 2.20. The van der Waals surface area contributed by atoms with Crippen molar-refractivity contribution in [3.05, 3.63) is 35.5 Å². The number of carboxylic acid groups (broad SMARTS) is 1. The van der Waals surface area contributed by atoms with Gasteiger partial charge in [0.05, 0.1) is 0 Å². The van der Waals surface area contributed by atoms with Crippen molar-refractivity contribution >= 4 is 34.4 Å². The monoisotopic (exact) mass is 330 g/mol. The van der Waals surface area contributed by atoms with Gasteiger partial charge in [-0.1, -0.05) is 17.7 Å². The van der Waals surface area contributed by atoms with E-state index < -0.39 is 30.8 Å². The van der Waals surface area contributed by atoms with E-state index in [0.717, 1.165) is 5.39 Å². The van der Waals surface area contributed by atoms with Gasteiger partial charge in [0.25, 0.3) is 0 Å². The molecule has 22 heavy (non-hydrogen) atoms. The van der Waals surface area contributed by atoms with Gasteiger partial charge in [-0.3, -0.25) is 4.79 Å². The molecule has 5 nitrogen and oxygen atoms in total. The second-order valence-corrected chi connectivity index (χ2v) is 5.17. The van der Waals surface area contributed by atoms with Gasteiger partial charge in [-0.15, -0.1) is 0 Å². The predicted octanol–water partition coefficient (Wildman–Crippen LogP) is 2.52. The molecule has 1 aromatic heterocycles. The van der Waals surface area contributed by atoms with E-state index in [4.69, 9.17) is 16.7 Å². The van der Waals surface area contributed by atoms with Crippen molar-refractivity contribution in [3.8, 4) is 0 Å². The Labute approximate surface area is 129 Å². The maximum Gasteiger partial charge on any atom is 0.326 e. The average molecular weight is 331 g/mol. The predicted molar refractivity (Wildman–Crippen MR) is 77.1 cm³/mol. The second kappa shape index (κ2) is 6.74. The van der Waals surface area contributed by atoms with E-state index in [-0.39, 0.29) is 6.54 Å². The third-order valence-electron chi connectivity index (χ3n) is 3.10. The lowest BCUT2D eigenvalue weighted by molar-refractivity contribution is -0.143. The molecule has 1 aromatic carbocycles. The van der Waals surface area contributed by atoms with Crippen LogP contribution in [-0.2, 0) is 16.1 Å². The molecule has 1 atom stereocenters. The van der Waals surface area contributed by atoms with Crippen LogP contribution in [0.5, 0.6) is 0 Å². The molecule has 0 bridgehead atoms. The fraction of sp³-hybridized carbons (Fsp3) is 0.286. The van der Waals surface area contributed by atoms with E-state index in [0.29, 0.717) is 10.5 Å². The molecule has 8 heteroatoms. The summed E-state index contributed by atoms with van der Waals surface area (Å²) in [6.07, 6.45) is -2.10. The fourth-order valence-corrected chi connectivity index (χ4v) is 2.26. The number of nitrogens with zero attached hydrogens (tertiary/aromatic N) is 1. The van der Waals surface area contributed by atoms with Gasteiger partial charge in [0.2, 0.25) is 12.3 Å². The Balaban J connectivity index is 2.10. The number of hydrogen-bond acceptors (Lipinski definition) is 2. The first-order chi connectivity index (χ1) is 10.4. The van der Waals surface area contributed by atoms with E-state index in [1.54, 1.807) is 35.0 Å². The summed E-state index contributed by atoms with van der Waals surface area (Å²) >= 11 is 5.89. The topological polar surface area (TPSA) is 71.3 Å². The van der Waals surface area contributed by atoms with Gasteiger partial charge in [0.1, 0.15) is 12.6 Å². The average Bonchev–Trinajstić information content (AvgIpc) is 2.80. The number of benzene rings is 1. The molecule has 2 aromatic rings. The molecule has 0 aliphatic rings. The highest BCUT2D eigenvalue weighted by Gasteiger charge is 2.24. The molecular weight excluding hydrogens is 318 g/mol. The maximum atomic E-state index is 12.3. The Morgan fingerprint density at radius 2 is 2.05 bits per heavy atom. The Bertz CT molecular complexity index is 702. The standard InChI is InChI=1S/C14H13ClF2N2O3/c15-9-2-1-8-3-4-19(11(8)5-9)7-13(20)18-10(14(21)22)6-12(16)17/h1-5,10,12H,6-7H2,(H,18,20)(H,21,22). The van der Waals surface area contributed by atoms with Crippen molar-refractivity contribution in [2.75, 3.05) is 0 Å². The number of carboxylic acids is 1. The van der Waals surface area contributed by atoms with Crippen LogP contribution in [0.4, 0.5) is 8.78 Å². The summed E-state index contributed by atoms with van der Waals surface area (Å²) in [7, 11) is 0. The lowest BCUT2D eigenvalue weighted by Crippen LogP contribution is -2.43. The molecule has 2 rings (SSSR count). The van der Waals surface area contributed by atoms with Gasteiger partial charge in [-0.2, -0.15) is 0 Å². The number of amides is 1. The van der Waals surface area contributed by atoms with Crippen LogP contribution in [0, 0.1) is 0 Å². The minimum Gasteiger partial charge on any atom is -0.480 e. The van der Waals surface area contributed by atoms with Gasteiger partial charge in [0.15, 0.2) is 0 Å². The Hall–Kier alpha value is -2.15. The maximum absolute atomic E-state index is 12.3. The van der Waals surface area contributed by atoms with Crippen LogP contribution < -0.4 is 5.32 Å². The summed E-state index contributed by atoms with van der Waals surface area (Å²) in [5, 5.41) is 12.3. The van der Waals surface area contributed by atoms with Crippen molar-refractivity contribution in [2.45, 2.75) is 25.4 Å². The number of hydrogen-bond donors (Lipinski definition) is 2. The van der Waals surface area contributed by atoms with Gasteiger partial charge in [-0.05, 0) is 23.6 Å². The zero-order valence-electron chi connectivity index (χ0n) is 11.3. The first-order valence-corrected chi connectivity index (χ1v) is 6.79. The van der Waals surface area contributed by atoms with Crippen LogP contribution in [0.1, 0.15) is 6.42 Å². The summed E-state index contributed by atoms with van der Waals surface area (Å²) in [4.78, 5) is 22.7. The van der Waals surface area contributed by atoms with Gasteiger partial charge in [0, 0.05) is 23.2 Å². The third-order valence-corrected chi connectivity index (χ3v) is 3.33. The Morgan fingerprint density at radius 3 is 2.68 bits per heavy atom. The van der Waals surface area contributed by atoms with Crippen LogP contribution in [0.2, 0.25) is 5.02 Å². The van der Waals surface area contributed by atoms with Crippen molar-refractivity contribution in [1.29, 1.82) is 0 Å². The number of aliphatic carboxylic acids is 1. The quantitative estimate of drug-likeness (QED) is 0.855. The highest BCUT2D eigenvalue weighted by atomic mass is 35.5. The van der Waals surface area contributed by atoms with E-state index >= 15 is 0 Å². The van der Waals surface area contributed by atoms with Crippen LogP contribution in [0.3, 0.4) is 0 Å².